The second kappa shape index (κ2) is 7.60. The summed E-state index contributed by atoms with van der Waals surface area (Å²) < 4.78 is 4.89. The molecule has 2 amide bonds. The molecule has 0 saturated heterocycles. The quantitative estimate of drug-likeness (QED) is 0.793. The van der Waals surface area contributed by atoms with Gasteiger partial charge in [0.2, 0.25) is 11.8 Å². The highest BCUT2D eigenvalue weighted by molar-refractivity contribution is 8.00. The number of aromatic nitrogens is 1. The van der Waals surface area contributed by atoms with E-state index in [1.165, 1.54) is 11.8 Å². The number of nitrogens with one attached hydrogen (secondary N) is 1. The molecular weight excluding hydrogens is 340 g/mol. The lowest BCUT2D eigenvalue weighted by Crippen LogP contribution is -2.37. The molecule has 7 nitrogen and oxygen atoms in total. The second-order valence-electron chi connectivity index (χ2n) is 5.86. The van der Waals surface area contributed by atoms with Crippen LogP contribution in [0.15, 0.2) is 28.8 Å². The van der Waals surface area contributed by atoms with Crippen molar-refractivity contribution in [3.05, 3.63) is 35.6 Å². The van der Waals surface area contributed by atoms with Crippen LogP contribution in [0.3, 0.4) is 0 Å². The van der Waals surface area contributed by atoms with E-state index in [1.54, 1.807) is 17.9 Å². The average Bonchev–Trinajstić information content (AvgIpc) is 2.99. The van der Waals surface area contributed by atoms with Gasteiger partial charge in [0.1, 0.15) is 5.76 Å². The summed E-state index contributed by atoms with van der Waals surface area (Å²) in [6.45, 7) is 2.43. The van der Waals surface area contributed by atoms with E-state index in [0.29, 0.717) is 18.1 Å². The lowest BCUT2D eigenvalue weighted by atomic mass is 10.00. The second-order valence-corrected chi connectivity index (χ2v) is 6.84. The number of benzene rings is 1. The predicted octanol–water partition coefficient (Wildman–Crippen LogP) is 2.22. The molecule has 8 heteroatoms. The Kier molecular flexibility index (Phi) is 5.28. The smallest absolute Gasteiger partial charge is 0.236 e. The van der Waals surface area contributed by atoms with E-state index in [2.05, 4.69) is 10.5 Å². The summed E-state index contributed by atoms with van der Waals surface area (Å²) in [6.07, 6.45) is 1.78. The van der Waals surface area contributed by atoms with Gasteiger partial charge >= 0.3 is 0 Å². The average molecular weight is 360 g/mol. The summed E-state index contributed by atoms with van der Waals surface area (Å²) in [6, 6.07) is 7.29. The highest BCUT2D eigenvalue weighted by Gasteiger charge is 2.23. The number of anilines is 3. The molecule has 0 unspecified atom stereocenters. The van der Waals surface area contributed by atoms with Gasteiger partial charge in [-0.3, -0.25) is 9.59 Å². The third kappa shape index (κ3) is 4.14. The molecule has 1 aliphatic rings. The van der Waals surface area contributed by atoms with Crippen molar-refractivity contribution in [2.24, 2.45) is 0 Å². The molecule has 25 heavy (non-hydrogen) atoms. The molecule has 0 radical (unpaired) electrons. The number of rotatable bonds is 5. The van der Waals surface area contributed by atoms with Crippen molar-refractivity contribution >= 4 is 40.8 Å². The molecule has 3 N–H and O–H groups in total. The lowest BCUT2D eigenvalue weighted by Gasteiger charge is -2.30. The number of fused-ring (bicyclic) bond motifs is 1. The molecule has 132 valence electrons. The van der Waals surface area contributed by atoms with Crippen LogP contribution in [0.5, 0.6) is 0 Å². The first kappa shape index (κ1) is 17.3. The largest absolute Gasteiger partial charge is 0.398 e. The minimum atomic E-state index is -0.214. The summed E-state index contributed by atoms with van der Waals surface area (Å²) >= 11 is 1.28. The first-order valence-corrected chi connectivity index (χ1v) is 9.18. The minimum absolute atomic E-state index is 0.0124. The van der Waals surface area contributed by atoms with Crippen molar-refractivity contribution in [1.82, 2.24) is 5.16 Å². The van der Waals surface area contributed by atoms with Gasteiger partial charge in [-0.25, -0.2) is 0 Å². The van der Waals surface area contributed by atoms with Crippen LogP contribution in [0.25, 0.3) is 0 Å². The molecule has 0 spiro atoms. The SMILES string of the molecule is Cc1cc(NC(=O)CSCC(=O)N2CCCc3c(N)cccc32)no1. The Hall–Kier alpha value is -2.48. The molecular formula is C17H20N4O3S. The fraction of sp³-hybridized carbons (Fsp3) is 0.353. The minimum Gasteiger partial charge on any atom is -0.398 e. The van der Waals surface area contributed by atoms with Crippen molar-refractivity contribution in [2.45, 2.75) is 19.8 Å². The molecule has 1 aromatic carbocycles. The van der Waals surface area contributed by atoms with Crippen LogP contribution in [0.1, 0.15) is 17.7 Å². The number of aryl methyl sites for hydroxylation is 1. The fourth-order valence-corrected chi connectivity index (χ4v) is 3.51. The maximum atomic E-state index is 12.5. The summed E-state index contributed by atoms with van der Waals surface area (Å²) in [7, 11) is 0. The zero-order valence-corrected chi connectivity index (χ0v) is 14.8. The number of carbonyl (C=O) groups excluding carboxylic acids is 2. The third-order valence-corrected chi connectivity index (χ3v) is 4.86. The van der Waals surface area contributed by atoms with Crippen LogP contribution in [-0.4, -0.2) is 35.0 Å². The van der Waals surface area contributed by atoms with Crippen molar-refractivity contribution in [2.75, 3.05) is 34.0 Å². The Morgan fingerprint density at radius 1 is 1.40 bits per heavy atom. The summed E-state index contributed by atoms with van der Waals surface area (Å²) in [5, 5.41) is 6.34. The lowest BCUT2D eigenvalue weighted by molar-refractivity contribution is -0.116. The first-order valence-electron chi connectivity index (χ1n) is 8.03. The van der Waals surface area contributed by atoms with Crippen LogP contribution < -0.4 is 16.0 Å². The van der Waals surface area contributed by atoms with Gasteiger partial charge in [-0.2, -0.15) is 0 Å². The van der Waals surface area contributed by atoms with Gasteiger partial charge in [-0.05, 0) is 37.5 Å². The van der Waals surface area contributed by atoms with Gasteiger partial charge in [0.05, 0.1) is 11.5 Å². The van der Waals surface area contributed by atoms with Gasteiger partial charge in [0.15, 0.2) is 5.82 Å². The molecule has 0 atom stereocenters. The van der Waals surface area contributed by atoms with E-state index >= 15 is 0 Å². The number of nitrogens with zero attached hydrogens (tertiary/aromatic N) is 2. The Balaban J connectivity index is 1.52. The topological polar surface area (TPSA) is 101 Å². The molecule has 0 fully saturated rings. The molecule has 3 rings (SSSR count). The van der Waals surface area contributed by atoms with Gasteiger partial charge in [0.25, 0.3) is 0 Å². The van der Waals surface area contributed by atoms with Crippen LogP contribution in [0.4, 0.5) is 17.2 Å². The highest BCUT2D eigenvalue weighted by Crippen LogP contribution is 2.31. The van der Waals surface area contributed by atoms with Crippen molar-refractivity contribution in [3.8, 4) is 0 Å². The summed E-state index contributed by atoms with van der Waals surface area (Å²) in [5.74, 6) is 1.20. The fourth-order valence-electron chi connectivity index (χ4n) is 2.82. The Labute approximate surface area is 149 Å². The van der Waals surface area contributed by atoms with Crippen LogP contribution in [-0.2, 0) is 16.0 Å². The van der Waals surface area contributed by atoms with Crippen molar-refractivity contribution < 1.29 is 14.1 Å². The van der Waals surface area contributed by atoms with Crippen LogP contribution >= 0.6 is 11.8 Å². The predicted molar refractivity (Wildman–Crippen MR) is 98.7 cm³/mol. The summed E-state index contributed by atoms with van der Waals surface area (Å²) in [4.78, 5) is 26.2. The standard InChI is InChI=1S/C17H20N4O3S/c1-11-8-15(20-24-11)19-16(22)9-25-10-17(23)21-7-3-4-12-13(18)5-2-6-14(12)21/h2,5-6,8H,3-4,7,9-10,18H2,1H3,(H,19,20,22). The number of hydrogen-bond donors (Lipinski definition) is 2. The van der Waals surface area contributed by atoms with E-state index in [9.17, 15) is 9.59 Å². The number of thioether (sulfide) groups is 1. The van der Waals surface area contributed by atoms with Crippen molar-refractivity contribution in [3.63, 3.8) is 0 Å². The Morgan fingerprint density at radius 3 is 3.00 bits per heavy atom. The number of nitrogens with two attached hydrogens (primary N) is 1. The van der Waals surface area contributed by atoms with E-state index in [0.717, 1.165) is 29.8 Å². The number of carbonyl (C=O) groups is 2. The van der Waals surface area contributed by atoms with Gasteiger partial charge < -0.3 is 20.5 Å². The monoisotopic (exact) mass is 360 g/mol. The van der Waals surface area contributed by atoms with Gasteiger partial charge in [-0.15, -0.1) is 11.8 Å². The van der Waals surface area contributed by atoms with Crippen LogP contribution in [0.2, 0.25) is 0 Å². The van der Waals surface area contributed by atoms with E-state index < -0.39 is 0 Å². The number of amides is 2. The number of hydrogen-bond acceptors (Lipinski definition) is 6. The maximum Gasteiger partial charge on any atom is 0.236 e. The maximum absolute atomic E-state index is 12.5. The van der Waals surface area contributed by atoms with Crippen molar-refractivity contribution in [1.29, 1.82) is 0 Å². The number of nitrogen functional groups attached to an aromatic ring is 1. The molecule has 0 saturated carbocycles. The van der Waals surface area contributed by atoms with E-state index in [-0.39, 0.29) is 23.3 Å². The summed E-state index contributed by atoms with van der Waals surface area (Å²) in [5.41, 5.74) is 8.66. The van der Waals surface area contributed by atoms with Crippen LogP contribution in [0, 0.1) is 6.92 Å². The molecule has 0 aliphatic carbocycles. The third-order valence-electron chi connectivity index (χ3n) is 3.94. The molecule has 2 heterocycles. The highest BCUT2D eigenvalue weighted by atomic mass is 32.2. The van der Waals surface area contributed by atoms with Gasteiger partial charge in [0, 0.05) is 24.0 Å². The molecule has 1 aliphatic heterocycles. The van der Waals surface area contributed by atoms with E-state index in [4.69, 9.17) is 10.3 Å². The Bertz CT molecular complexity index is 790. The first-order chi connectivity index (χ1) is 12.0. The molecule has 1 aromatic heterocycles. The zero-order valence-electron chi connectivity index (χ0n) is 13.9. The molecule has 0 bridgehead atoms. The molecule has 2 aromatic rings. The normalized spacial score (nSPS) is 13.4. The van der Waals surface area contributed by atoms with Gasteiger partial charge in [-0.1, -0.05) is 11.2 Å². The Morgan fingerprint density at radius 2 is 2.24 bits per heavy atom. The zero-order chi connectivity index (χ0) is 17.8. The van der Waals surface area contributed by atoms with E-state index in [1.807, 2.05) is 18.2 Å².